The summed E-state index contributed by atoms with van der Waals surface area (Å²) in [7, 11) is 1.69. The van der Waals surface area contributed by atoms with Gasteiger partial charge in [0.2, 0.25) is 0 Å². The standard InChI is InChI=1S/C25H25ClN4O/c1-14-9-19(12-27-11-14)23-16(3)21(26)10-20(24(23)31-6)18(5)30-8-7-15(2)22-17(4)28-13-29-25(22)30/h7-13,18H,2H2,1,3-6H3. The third-order valence-electron chi connectivity index (χ3n) is 5.76. The summed E-state index contributed by atoms with van der Waals surface area (Å²) in [5.41, 5.74) is 7.69. The quantitative estimate of drug-likeness (QED) is 0.488. The summed E-state index contributed by atoms with van der Waals surface area (Å²) in [6, 6.07) is 3.99. The highest BCUT2D eigenvalue weighted by Crippen LogP contribution is 2.45. The Kier molecular flexibility index (Phi) is 5.54. The molecule has 0 radical (unpaired) electrons. The molecule has 6 heteroatoms. The van der Waals surface area contributed by atoms with Gasteiger partial charge in [-0.3, -0.25) is 4.98 Å². The second kappa shape index (κ2) is 8.16. The van der Waals surface area contributed by atoms with Crippen LogP contribution in [-0.2, 0) is 0 Å². The molecule has 1 aromatic carbocycles. The van der Waals surface area contributed by atoms with Gasteiger partial charge in [-0.2, -0.15) is 0 Å². The molecule has 31 heavy (non-hydrogen) atoms. The topological polar surface area (TPSA) is 51.1 Å². The van der Waals surface area contributed by atoms with Crippen molar-refractivity contribution in [3.05, 3.63) is 82.7 Å². The van der Waals surface area contributed by atoms with Crippen LogP contribution in [0.25, 0.3) is 16.7 Å². The zero-order valence-corrected chi connectivity index (χ0v) is 19.2. The number of nitrogens with zero attached hydrogens (tertiary/aromatic N) is 4. The second-order valence-corrected chi connectivity index (χ2v) is 8.22. The highest BCUT2D eigenvalue weighted by Gasteiger charge is 2.28. The molecular weight excluding hydrogens is 408 g/mol. The zero-order valence-electron chi connectivity index (χ0n) is 18.4. The molecule has 0 aliphatic carbocycles. The van der Waals surface area contributed by atoms with Gasteiger partial charge < -0.3 is 9.64 Å². The minimum Gasteiger partial charge on any atom is -0.496 e. The van der Waals surface area contributed by atoms with E-state index in [-0.39, 0.29) is 6.04 Å². The molecule has 3 aromatic rings. The Morgan fingerprint density at radius 2 is 1.87 bits per heavy atom. The average molecular weight is 433 g/mol. The fourth-order valence-corrected chi connectivity index (χ4v) is 4.35. The van der Waals surface area contributed by atoms with Gasteiger partial charge in [0, 0.05) is 45.9 Å². The lowest BCUT2D eigenvalue weighted by atomic mass is 9.93. The smallest absolute Gasteiger partial charge is 0.144 e. The Hall–Kier alpha value is -3.18. The number of aromatic nitrogens is 3. The maximum absolute atomic E-state index is 6.72. The lowest BCUT2D eigenvalue weighted by Gasteiger charge is -2.33. The lowest BCUT2D eigenvalue weighted by Crippen LogP contribution is -2.26. The summed E-state index contributed by atoms with van der Waals surface area (Å²) in [5.74, 6) is 1.61. The second-order valence-electron chi connectivity index (χ2n) is 7.81. The fourth-order valence-electron chi connectivity index (χ4n) is 4.13. The summed E-state index contributed by atoms with van der Waals surface area (Å²) < 4.78 is 5.96. The SMILES string of the molecule is C=C1C=CN(C(C)c2cc(Cl)c(C)c(-c3cncc(C)c3)c2OC)c2ncnc(C)c21. The van der Waals surface area contributed by atoms with Gasteiger partial charge in [-0.15, -0.1) is 0 Å². The van der Waals surface area contributed by atoms with Gasteiger partial charge in [-0.05, 0) is 62.6 Å². The van der Waals surface area contributed by atoms with E-state index in [1.165, 1.54) is 0 Å². The van der Waals surface area contributed by atoms with E-state index in [0.717, 1.165) is 56.2 Å². The van der Waals surface area contributed by atoms with E-state index in [4.69, 9.17) is 16.3 Å². The maximum atomic E-state index is 6.72. The van der Waals surface area contributed by atoms with Gasteiger partial charge >= 0.3 is 0 Å². The number of rotatable bonds is 4. The number of fused-ring (bicyclic) bond motifs is 1. The molecule has 0 saturated carbocycles. The first-order valence-electron chi connectivity index (χ1n) is 10.1. The average Bonchev–Trinajstić information content (AvgIpc) is 2.75. The van der Waals surface area contributed by atoms with Crippen LogP contribution in [0.5, 0.6) is 5.75 Å². The highest BCUT2D eigenvalue weighted by molar-refractivity contribution is 6.32. The van der Waals surface area contributed by atoms with E-state index in [1.54, 1.807) is 13.4 Å². The highest BCUT2D eigenvalue weighted by atomic mass is 35.5. The Bertz CT molecular complexity index is 1220. The van der Waals surface area contributed by atoms with E-state index in [9.17, 15) is 0 Å². The van der Waals surface area contributed by atoms with Gasteiger partial charge in [-0.1, -0.05) is 18.2 Å². The first-order chi connectivity index (χ1) is 14.8. The van der Waals surface area contributed by atoms with Crippen LogP contribution in [0.1, 0.15) is 40.9 Å². The normalized spacial score (nSPS) is 13.9. The number of pyridine rings is 1. The number of methoxy groups -OCH3 is 1. The lowest BCUT2D eigenvalue weighted by molar-refractivity contribution is 0.408. The molecule has 158 valence electrons. The molecule has 0 fully saturated rings. The number of allylic oxidation sites excluding steroid dienone is 2. The predicted molar refractivity (Wildman–Crippen MR) is 127 cm³/mol. The van der Waals surface area contributed by atoms with Crippen molar-refractivity contribution in [1.82, 2.24) is 15.0 Å². The van der Waals surface area contributed by atoms with E-state index in [1.807, 2.05) is 51.5 Å². The largest absolute Gasteiger partial charge is 0.496 e. The third kappa shape index (κ3) is 3.59. The fraction of sp³-hybridized carbons (Fsp3) is 0.240. The van der Waals surface area contributed by atoms with Crippen LogP contribution < -0.4 is 9.64 Å². The van der Waals surface area contributed by atoms with E-state index < -0.39 is 0 Å². The number of aryl methyl sites for hydroxylation is 2. The summed E-state index contributed by atoms with van der Waals surface area (Å²) in [6.07, 6.45) is 9.26. The van der Waals surface area contributed by atoms with Crippen molar-refractivity contribution in [1.29, 1.82) is 0 Å². The Morgan fingerprint density at radius 3 is 2.58 bits per heavy atom. The number of hydrogen-bond donors (Lipinski definition) is 0. The van der Waals surface area contributed by atoms with E-state index in [0.29, 0.717) is 5.02 Å². The van der Waals surface area contributed by atoms with Gasteiger partial charge in [0.15, 0.2) is 0 Å². The monoisotopic (exact) mass is 432 g/mol. The summed E-state index contributed by atoms with van der Waals surface area (Å²) in [5, 5.41) is 0.684. The van der Waals surface area contributed by atoms with Crippen LogP contribution in [0.15, 0.2) is 49.7 Å². The number of ether oxygens (including phenoxy) is 1. The van der Waals surface area contributed by atoms with Crippen molar-refractivity contribution >= 4 is 23.0 Å². The van der Waals surface area contributed by atoms with Gasteiger partial charge in [-0.25, -0.2) is 9.97 Å². The molecule has 0 saturated heterocycles. The van der Waals surface area contributed by atoms with E-state index in [2.05, 4.69) is 39.4 Å². The van der Waals surface area contributed by atoms with Crippen molar-refractivity contribution in [3.63, 3.8) is 0 Å². The molecule has 3 heterocycles. The molecule has 0 bridgehead atoms. The molecule has 1 unspecified atom stereocenters. The van der Waals surface area contributed by atoms with Crippen LogP contribution in [0.4, 0.5) is 5.82 Å². The van der Waals surface area contributed by atoms with Crippen LogP contribution in [0, 0.1) is 20.8 Å². The molecule has 1 aliphatic heterocycles. The number of anilines is 1. The predicted octanol–water partition coefficient (Wildman–Crippen LogP) is 6.23. The molecule has 2 aromatic heterocycles. The number of halogens is 1. The van der Waals surface area contributed by atoms with E-state index >= 15 is 0 Å². The first-order valence-corrected chi connectivity index (χ1v) is 10.5. The third-order valence-corrected chi connectivity index (χ3v) is 6.15. The molecular formula is C25H25ClN4O. The number of hydrogen-bond acceptors (Lipinski definition) is 5. The Labute approximate surface area is 188 Å². The van der Waals surface area contributed by atoms with Crippen molar-refractivity contribution in [2.45, 2.75) is 33.7 Å². The summed E-state index contributed by atoms with van der Waals surface area (Å²) in [6.45, 7) is 12.3. The molecule has 0 amide bonds. The minimum absolute atomic E-state index is 0.0954. The van der Waals surface area contributed by atoms with Crippen molar-refractivity contribution in [2.75, 3.05) is 12.0 Å². The van der Waals surface area contributed by atoms with Gasteiger partial charge in [0.05, 0.1) is 18.8 Å². The summed E-state index contributed by atoms with van der Waals surface area (Å²) in [4.78, 5) is 15.4. The van der Waals surface area contributed by atoms with Gasteiger partial charge in [0.1, 0.15) is 17.9 Å². The Balaban J connectivity index is 1.91. The van der Waals surface area contributed by atoms with Crippen LogP contribution >= 0.6 is 11.6 Å². The van der Waals surface area contributed by atoms with Crippen LogP contribution in [0.3, 0.4) is 0 Å². The molecule has 5 nitrogen and oxygen atoms in total. The van der Waals surface area contributed by atoms with Crippen molar-refractivity contribution < 1.29 is 4.74 Å². The molecule has 1 atom stereocenters. The zero-order chi connectivity index (χ0) is 22.3. The summed E-state index contributed by atoms with van der Waals surface area (Å²) >= 11 is 6.72. The minimum atomic E-state index is -0.0954. The molecule has 0 spiro atoms. The van der Waals surface area contributed by atoms with Crippen LogP contribution in [-0.4, -0.2) is 22.1 Å². The van der Waals surface area contributed by atoms with Crippen LogP contribution in [0.2, 0.25) is 5.02 Å². The van der Waals surface area contributed by atoms with Crippen molar-refractivity contribution in [2.24, 2.45) is 0 Å². The number of benzene rings is 1. The molecule has 4 rings (SSSR count). The molecule has 0 N–H and O–H groups in total. The maximum Gasteiger partial charge on any atom is 0.144 e. The first kappa shape index (κ1) is 21.1. The Morgan fingerprint density at radius 1 is 1.10 bits per heavy atom. The van der Waals surface area contributed by atoms with Crippen molar-refractivity contribution in [3.8, 4) is 16.9 Å². The van der Waals surface area contributed by atoms with Gasteiger partial charge in [0.25, 0.3) is 0 Å². The molecule has 1 aliphatic rings.